The van der Waals surface area contributed by atoms with Gasteiger partial charge in [-0.05, 0) is 24.3 Å². The maximum absolute atomic E-state index is 5.75. The van der Waals surface area contributed by atoms with Gasteiger partial charge in [0.2, 0.25) is 5.96 Å². The molecule has 1 aromatic rings. The van der Waals surface area contributed by atoms with Crippen LogP contribution < -0.4 is 16.6 Å². The van der Waals surface area contributed by atoms with E-state index in [1.165, 1.54) is 0 Å². The Kier molecular flexibility index (Phi) is 2.24. The smallest absolute Gasteiger partial charge is 0.232 e. The Bertz CT molecular complexity index is 395. The van der Waals surface area contributed by atoms with Crippen molar-refractivity contribution in [2.45, 2.75) is 0 Å². The highest BCUT2D eigenvalue weighted by atomic mass is 35.5. The largest absolute Gasteiger partial charge is 0.367 e. The molecular formula is C8H8ClN5. The molecule has 0 spiro atoms. The summed E-state index contributed by atoms with van der Waals surface area (Å²) >= 11 is 5.75. The third kappa shape index (κ3) is 1.77. The second-order valence-corrected chi connectivity index (χ2v) is 3.12. The quantitative estimate of drug-likeness (QED) is 0.628. The van der Waals surface area contributed by atoms with Gasteiger partial charge in [-0.1, -0.05) is 11.6 Å². The van der Waals surface area contributed by atoms with Crippen LogP contribution in [0.2, 0.25) is 5.02 Å². The monoisotopic (exact) mass is 209 g/mol. The summed E-state index contributed by atoms with van der Waals surface area (Å²) in [5.74, 6) is 0.846. The number of nitrogens with zero attached hydrogens (tertiary/aromatic N) is 2. The Balaban J connectivity index is 2.21. The molecule has 6 heteroatoms. The lowest BCUT2D eigenvalue weighted by Gasteiger charge is -2.11. The lowest BCUT2D eigenvalue weighted by molar-refractivity contribution is 0.872. The fourth-order valence-corrected chi connectivity index (χ4v) is 1.14. The van der Waals surface area contributed by atoms with Crippen LogP contribution in [0.15, 0.2) is 34.5 Å². The molecule has 0 saturated carbocycles. The Hall–Kier alpha value is -1.75. The van der Waals surface area contributed by atoms with Gasteiger partial charge in [-0.15, -0.1) is 5.10 Å². The number of amidine groups is 1. The van der Waals surface area contributed by atoms with E-state index in [0.717, 1.165) is 5.56 Å². The molecule has 0 radical (unpaired) electrons. The average molecular weight is 210 g/mol. The average Bonchev–Trinajstić information content (AvgIpc) is 2.21. The zero-order valence-corrected chi connectivity index (χ0v) is 7.92. The van der Waals surface area contributed by atoms with E-state index in [2.05, 4.69) is 21.1 Å². The number of halogens is 1. The molecule has 0 amide bonds. The first-order valence-electron chi connectivity index (χ1n) is 3.94. The summed E-state index contributed by atoms with van der Waals surface area (Å²) in [4.78, 5) is 0. The minimum absolute atomic E-state index is 0.239. The van der Waals surface area contributed by atoms with Crippen molar-refractivity contribution in [1.82, 2.24) is 10.9 Å². The summed E-state index contributed by atoms with van der Waals surface area (Å²) in [6.45, 7) is 0. The highest BCUT2D eigenvalue weighted by molar-refractivity contribution is 6.30. The number of hydrazone groups is 2. The molecule has 0 aromatic heterocycles. The number of nitrogens with two attached hydrogens (primary N) is 1. The molecule has 2 rings (SSSR count). The third-order valence-corrected chi connectivity index (χ3v) is 1.93. The standard InChI is InChI=1S/C8H8ClN5/c9-6-3-1-5(2-4-6)7-11-13-8(10)14-12-7/h1-4H,(H,11,12)(H3,10,13,14). The summed E-state index contributed by atoms with van der Waals surface area (Å²) < 4.78 is 0. The van der Waals surface area contributed by atoms with E-state index >= 15 is 0 Å². The van der Waals surface area contributed by atoms with Gasteiger partial charge in [0.25, 0.3) is 0 Å². The molecular weight excluding hydrogens is 202 g/mol. The molecule has 0 atom stereocenters. The fourth-order valence-electron chi connectivity index (χ4n) is 1.01. The fraction of sp³-hybridized carbons (Fsp3) is 0. The number of rotatable bonds is 1. The van der Waals surface area contributed by atoms with Crippen LogP contribution in [0.4, 0.5) is 0 Å². The summed E-state index contributed by atoms with van der Waals surface area (Å²) in [5, 5.41) is 8.43. The molecule has 14 heavy (non-hydrogen) atoms. The van der Waals surface area contributed by atoms with Crippen molar-refractivity contribution in [3.8, 4) is 0 Å². The van der Waals surface area contributed by atoms with E-state index in [9.17, 15) is 0 Å². The number of guanidine groups is 1. The minimum Gasteiger partial charge on any atom is -0.367 e. The van der Waals surface area contributed by atoms with Crippen LogP contribution >= 0.6 is 11.6 Å². The molecule has 5 nitrogen and oxygen atoms in total. The molecule has 72 valence electrons. The number of hydrogen-bond donors (Lipinski definition) is 3. The van der Waals surface area contributed by atoms with Crippen LogP contribution in [0.25, 0.3) is 0 Å². The number of benzene rings is 1. The summed E-state index contributed by atoms with van der Waals surface area (Å²) in [5.41, 5.74) is 11.5. The molecule has 1 aromatic carbocycles. The first-order chi connectivity index (χ1) is 6.75. The lowest BCUT2D eigenvalue weighted by atomic mass is 10.2. The summed E-state index contributed by atoms with van der Waals surface area (Å²) in [7, 11) is 0. The number of hydrogen-bond acceptors (Lipinski definition) is 5. The van der Waals surface area contributed by atoms with Gasteiger partial charge in [0.1, 0.15) is 0 Å². The maximum Gasteiger partial charge on any atom is 0.232 e. The number of nitrogens with one attached hydrogen (secondary N) is 2. The van der Waals surface area contributed by atoms with Gasteiger partial charge in [-0.25, -0.2) is 5.43 Å². The van der Waals surface area contributed by atoms with E-state index in [0.29, 0.717) is 10.9 Å². The Morgan fingerprint density at radius 1 is 1.07 bits per heavy atom. The summed E-state index contributed by atoms with van der Waals surface area (Å²) in [6, 6.07) is 7.24. The van der Waals surface area contributed by atoms with Gasteiger partial charge in [0.05, 0.1) is 0 Å². The predicted octanol–water partition coefficient (Wildman–Crippen LogP) is 0.424. The SMILES string of the molecule is NC1=NNC(c2ccc(Cl)cc2)=NN1. The molecule has 0 unspecified atom stereocenters. The normalized spacial score (nSPS) is 14.9. The van der Waals surface area contributed by atoms with Crippen LogP contribution in [0.1, 0.15) is 5.56 Å². The highest BCUT2D eigenvalue weighted by Crippen LogP contribution is 2.09. The van der Waals surface area contributed by atoms with E-state index in [4.69, 9.17) is 17.3 Å². The van der Waals surface area contributed by atoms with Crippen molar-refractivity contribution < 1.29 is 0 Å². The van der Waals surface area contributed by atoms with Gasteiger partial charge in [0, 0.05) is 10.6 Å². The first-order valence-corrected chi connectivity index (χ1v) is 4.32. The molecule has 0 bridgehead atoms. The van der Waals surface area contributed by atoms with E-state index in [1.807, 2.05) is 12.1 Å². The Morgan fingerprint density at radius 3 is 2.36 bits per heavy atom. The molecule has 1 heterocycles. The van der Waals surface area contributed by atoms with Crippen molar-refractivity contribution in [1.29, 1.82) is 0 Å². The van der Waals surface area contributed by atoms with Gasteiger partial charge in [-0.3, -0.25) is 5.43 Å². The predicted molar refractivity (Wildman–Crippen MR) is 55.9 cm³/mol. The first kappa shape index (κ1) is 8.83. The lowest BCUT2D eigenvalue weighted by Crippen LogP contribution is -2.38. The van der Waals surface area contributed by atoms with E-state index < -0.39 is 0 Å². The Morgan fingerprint density at radius 2 is 1.79 bits per heavy atom. The van der Waals surface area contributed by atoms with Crippen molar-refractivity contribution in [3.05, 3.63) is 34.9 Å². The second-order valence-electron chi connectivity index (χ2n) is 2.69. The molecule has 4 N–H and O–H groups in total. The van der Waals surface area contributed by atoms with E-state index in [1.54, 1.807) is 12.1 Å². The van der Waals surface area contributed by atoms with Crippen LogP contribution in [0.5, 0.6) is 0 Å². The topological polar surface area (TPSA) is 74.8 Å². The summed E-state index contributed by atoms with van der Waals surface area (Å²) in [6.07, 6.45) is 0. The van der Waals surface area contributed by atoms with Crippen molar-refractivity contribution in [2.24, 2.45) is 15.9 Å². The zero-order chi connectivity index (χ0) is 9.97. The van der Waals surface area contributed by atoms with Gasteiger partial charge >= 0.3 is 0 Å². The second kappa shape index (κ2) is 3.55. The van der Waals surface area contributed by atoms with Crippen molar-refractivity contribution in [3.63, 3.8) is 0 Å². The maximum atomic E-state index is 5.75. The molecule has 1 aliphatic rings. The molecule has 0 fully saturated rings. The van der Waals surface area contributed by atoms with E-state index in [-0.39, 0.29) is 5.96 Å². The van der Waals surface area contributed by atoms with Crippen LogP contribution in [0, 0.1) is 0 Å². The van der Waals surface area contributed by atoms with Crippen LogP contribution in [0.3, 0.4) is 0 Å². The molecule has 1 aliphatic heterocycles. The van der Waals surface area contributed by atoms with Gasteiger partial charge in [0.15, 0.2) is 5.84 Å². The highest BCUT2D eigenvalue weighted by Gasteiger charge is 2.06. The van der Waals surface area contributed by atoms with Gasteiger partial charge in [-0.2, -0.15) is 5.10 Å². The van der Waals surface area contributed by atoms with Crippen LogP contribution in [-0.2, 0) is 0 Å². The Labute approximate surface area is 85.6 Å². The molecule has 0 aliphatic carbocycles. The van der Waals surface area contributed by atoms with Crippen molar-refractivity contribution >= 4 is 23.4 Å². The minimum atomic E-state index is 0.239. The molecule has 0 saturated heterocycles. The van der Waals surface area contributed by atoms with Crippen molar-refractivity contribution in [2.75, 3.05) is 0 Å². The van der Waals surface area contributed by atoms with Crippen LogP contribution in [-0.4, -0.2) is 11.8 Å². The zero-order valence-electron chi connectivity index (χ0n) is 7.16. The third-order valence-electron chi connectivity index (χ3n) is 1.68. The van der Waals surface area contributed by atoms with Gasteiger partial charge < -0.3 is 5.73 Å².